The van der Waals surface area contributed by atoms with E-state index >= 15 is 0 Å². The second kappa shape index (κ2) is 6.53. The van der Waals surface area contributed by atoms with Crippen LogP contribution in [0.4, 0.5) is 0 Å². The molecule has 1 aliphatic rings. The van der Waals surface area contributed by atoms with E-state index < -0.39 is 0 Å². The topological polar surface area (TPSA) is 23.6 Å². The molecule has 3 nitrogen and oxygen atoms in total. The third-order valence-corrected chi connectivity index (χ3v) is 4.86. The van der Waals surface area contributed by atoms with Crippen molar-refractivity contribution in [2.75, 3.05) is 26.2 Å². The molecule has 2 rings (SSSR count). The first-order valence-corrected chi connectivity index (χ1v) is 8.13. The Balaban J connectivity index is 1.96. The van der Waals surface area contributed by atoms with Gasteiger partial charge in [0.15, 0.2) is 0 Å². The Hall–Kier alpha value is -0.870. The number of likely N-dealkylation sites (N-methyl/N-ethyl adjacent to an activating group) is 1. The molecule has 2 heterocycles. The first-order chi connectivity index (χ1) is 9.15. The second-order valence-electron chi connectivity index (χ2n) is 5.35. The Morgan fingerprint density at radius 1 is 1.47 bits per heavy atom. The molecule has 0 N–H and O–H groups in total. The Morgan fingerprint density at radius 2 is 2.21 bits per heavy atom. The summed E-state index contributed by atoms with van der Waals surface area (Å²) in [5, 5.41) is 4.34. The normalized spacial score (nSPS) is 23.3. The maximum absolute atomic E-state index is 12.4. The van der Waals surface area contributed by atoms with Gasteiger partial charge in [-0.15, -0.1) is 0 Å². The molecule has 1 aliphatic heterocycles. The lowest BCUT2D eigenvalue weighted by Gasteiger charge is -2.25. The van der Waals surface area contributed by atoms with Crippen LogP contribution in [0, 0.1) is 0 Å². The Bertz CT molecular complexity index is 400. The van der Waals surface area contributed by atoms with Gasteiger partial charge in [0.05, 0.1) is 6.54 Å². The van der Waals surface area contributed by atoms with Crippen LogP contribution >= 0.6 is 11.3 Å². The quantitative estimate of drug-likeness (QED) is 0.828. The lowest BCUT2D eigenvalue weighted by molar-refractivity contribution is -0.132. The summed E-state index contributed by atoms with van der Waals surface area (Å²) >= 11 is 1.74. The second-order valence-corrected chi connectivity index (χ2v) is 6.13. The third kappa shape index (κ3) is 3.37. The number of hydrogen-bond donors (Lipinski definition) is 0. The monoisotopic (exact) mass is 280 g/mol. The minimum atomic E-state index is 0.286. The van der Waals surface area contributed by atoms with E-state index in [2.05, 4.69) is 47.4 Å². The van der Waals surface area contributed by atoms with Gasteiger partial charge >= 0.3 is 0 Å². The van der Waals surface area contributed by atoms with Gasteiger partial charge in [-0.1, -0.05) is 13.8 Å². The van der Waals surface area contributed by atoms with E-state index in [1.54, 1.807) is 11.3 Å². The van der Waals surface area contributed by atoms with Crippen molar-refractivity contribution in [3.63, 3.8) is 0 Å². The van der Waals surface area contributed by atoms with Crippen molar-refractivity contribution >= 4 is 17.2 Å². The Kier molecular flexibility index (Phi) is 4.99. The molecule has 0 spiro atoms. The zero-order valence-corrected chi connectivity index (χ0v) is 12.9. The number of likely N-dealkylation sites (tertiary alicyclic amines) is 1. The van der Waals surface area contributed by atoms with Crippen molar-refractivity contribution < 1.29 is 4.79 Å². The van der Waals surface area contributed by atoms with Crippen molar-refractivity contribution in [2.24, 2.45) is 0 Å². The minimum Gasteiger partial charge on any atom is -0.338 e. The summed E-state index contributed by atoms with van der Waals surface area (Å²) in [5.74, 6) is 0.816. The summed E-state index contributed by atoms with van der Waals surface area (Å²) in [5.41, 5.74) is 1.40. The van der Waals surface area contributed by atoms with Crippen molar-refractivity contribution in [1.82, 2.24) is 9.80 Å². The van der Waals surface area contributed by atoms with Gasteiger partial charge in [-0.25, -0.2) is 0 Å². The van der Waals surface area contributed by atoms with Crippen LogP contribution in [0.3, 0.4) is 0 Å². The molecule has 1 fully saturated rings. The zero-order chi connectivity index (χ0) is 13.8. The van der Waals surface area contributed by atoms with Crippen LogP contribution in [0.1, 0.15) is 38.7 Å². The van der Waals surface area contributed by atoms with Crippen molar-refractivity contribution in [3.8, 4) is 0 Å². The largest absolute Gasteiger partial charge is 0.338 e. The predicted octanol–water partition coefficient (Wildman–Crippen LogP) is 2.79. The fraction of sp³-hybridized carbons (Fsp3) is 0.667. The number of amides is 1. The van der Waals surface area contributed by atoms with E-state index in [1.807, 2.05) is 0 Å². The lowest BCUT2D eigenvalue weighted by atomic mass is 10.00. The number of hydrogen-bond acceptors (Lipinski definition) is 3. The molecule has 19 heavy (non-hydrogen) atoms. The van der Waals surface area contributed by atoms with Gasteiger partial charge in [0.2, 0.25) is 5.91 Å². The van der Waals surface area contributed by atoms with E-state index in [-0.39, 0.29) is 5.91 Å². The molecule has 106 valence electrons. The molecule has 0 aliphatic carbocycles. The molecule has 1 aromatic rings. The van der Waals surface area contributed by atoms with E-state index in [0.717, 1.165) is 26.1 Å². The zero-order valence-electron chi connectivity index (χ0n) is 12.1. The summed E-state index contributed by atoms with van der Waals surface area (Å²) < 4.78 is 0. The average molecular weight is 280 g/mol. The predicted molar refractivity (Wildman–Crippen MR) is 80.6 cm³/mol. The van der Waals surface area contributed by atoms with E-state index in [9.17, 15) is 4.79 Å². The highest BCUT2D eigenvalue weighted by Crippen LogP contribution is 2.32. The number of thiophene rings is 1. The summed E-state index contributed by atoms with van der Waals surface area (Å²) in [6.07, 6.45) is 1.10. The molecule has 0 unspecified atom stereocenters. The van der Waals surface area contributed by atoms with Crippen molar-refractivity contribution in [3.05, 3.63) is 22.4 Å². The smallest absolute Gasteiger partial charge is 0.237 e. The molecule has 2 atom stereocenters. The SMILES string of the molecule is CCN(CC)CC(=O)N1C[C@H](c2ccsc2)C[C@@H]1C. The fourth-order valence-electron chi connectivity index (χ4n) is 2.86. The average Bonchev–Trinajstić information content (AvgIpc) is 3.04. The van der Waals surface area contributed by atoms with Crippen LogP contribution < -0.4 is 0 Å². The van der Waals surface area contributed by atoms with Crippen LogP contribution in [0.5, 0.6) is 0 Å². The third-order valence-electron chi connectivity index (χ3n) is 4.16. The summed E-state index contributed by atoms with van der Waals surface area (Å²) in [4.78, 5) is 16.6. The van der Waals surface area contributed by atoms with Gasteiger partial charge in [-0.2, -0.15) is 11.3 Å². The highest BCUT2D eigenvalue weighted by molar-refractivity contribution is 7.07. The Morgan fingerprint density at radius 3 is 2.79 bits per heavy atom. The van der Waals surface area contributed by atoms with Gasteiger partial charge in [-0.05, 0) is 48.8 Å². The molecule has 0 bridgehead atoms. The molecular weight excluding hydrogens is 256 g/mol. The molecule has 1 saturated heterocycles. The van der Waals surface area contributed by atoms with Crippen molar-refractivity contribution in [2.45, 2.75) is 39.2 Å². The number of carbonyl (C=O) groups is 1. The van der Waals surface area contributed by atoms with E-state index in [1.165, 1.54) is 5.56 Å². The summed E-state index contributed by atoms with van der Waals surface area (Å²) in [7, 11) is 0. The minimum absolute atomic E-state index is 0.286. The maximum Gasteiger partial charge on any atom is 0.237 e. The van der Waals surface area contributed by atoms with Gasteiger partial charge in [0.25, 0.3) is 0 Å². The molecule has 0 saturated carbocycles. The van der Waals surface area contributed by atoms with Crippen LogP contribution in [0.15, 0.2) is 16.8 Å². The maximum atomic E-state index is 12.4. The van der Waals surface area contributed by atoms with Gasteiger partial charge in [0.1, 0.15) is 0 Å². The molecule has 0 radical (unpaired) electrons. The lowest BCUT2D eigenvalue weighted by Crippen LogP contribution is -2.41. The highest BCUT2D eigenvalue weighted by atomic mass is 32.1. The standard InChI is InChI=1S/C15H24N2OS/c1-4-16(5-2)10-15(18)17-9-14(8-12(17)3)13-6-7-19-11-13/h6-7,11-12,14H,4-5,8-10H2,1-3H3/t12-,14+/m0/s1. The summed E-state index contributed by atoms with van der Waals surface area (Å²) in [6.45, 7) is 9.73. The molecule has 4 heteroatoms. The van der Waals surface area contributed by atoms with Crippen LogP contribution in [0.2, 0.25) is 0 Å². The number of rotatable bonds is 5. The first kappa shape index (κ1) is 14.5. The summed E-state index contributed by atoms with van der Waals surface area (Å²) in [6, 6.07) is 2.56. The Labute approximate surface area is 120 Å². The van der Waals surface area contributed by atoms with Crippen LogP contribution in [0.25, 0.3) is 0 Å². The molecule has 0 aromatic carbocycles. The van der Waals surface area contributed by atoms with E-state index in [4.69, 9.17) is 0 Å². The van der Waals surface area contributed by atoms with Crippen LogP contribution in [-0.4, -0.2) is 47.9 Å². The van der Waals surface area contributed by atoms with Gasteiger partial charge in [-0.3, -0.25) is 9.69 Å². The molecule has 1 amide bonds. The first-order valence-electron chi connectivity index (χ1n) is 7.19. The molecule has 1 aromatic heterocycles. The molecular formula is C15H24N2OS. The van der Waals surface area contributed by atoms with Gasteiger partial charge in [0, 0.05) is 18.5 Å². The number of carbonyl (C=O) groups excluding carboxylic acids is 1. The highest BCUT2D eigenvalue weighted by Gasteiger charge is 2.33. The van der Waals surface area contributed by atoms with Gasteiger partial charge < -0.3 is 4.90 Å². The fourth-order valence-corrected chi connectivity index (χ4v) is 3.60. The van der Waals surface area contributed by atoms with Crippen LogP contribution in [-0.2, 0) is 4.79 Å². The number of nitrogens with zero attached hydrogens (tertiary/aromatic N) is 2. The van der Waals surface area contributed by atoms with Crippen molar-refractivity contribution in [1.29, 1.82) is 0 Å². The van der Waals surface area contributed by atoms with E-state index in [0.29, 0.717) is 18.5 Å².